The van der Waals surface area contributed by atoms with Gasteiger partial charge in [-0.2, -0.15) is 0 Å². The maximum atomic E-state index is 12.8. The van der Waals surface area contributed by atoms with Crippen LogP contribution in [0.5, 0.6) is 0 Å². The third-order valence-electron chi connectivity index (χ3n) is 6.13. The topological polar surface area (TPSA) is 87.4 Å². The number of aromatic nitrogens is 3. The van der Waals surface area contributed by atoms with E-state index in [1.54, 1.807) is 4.90 Å². The molecule has 1 saturated carbocycles. The lowest BCUT2D eigenvalue weighted by molar-refractivity contribution is -0.138. The number of halogens is 1. The molecule has 1 aliphatic carbocycles. The minimum absolute atomic E-state index is 0. The summed E-state index contributed by atoms with van der Waals surface area (Å²) in [6.07, 6.45) is 9.61. The molecule has 0 atom stereocenters. The van der Waals surface area contributed by atoms with Crippen LogP contribution in [0, 0.1) is 5.41 Å². The summed E-state index contributed by atoms with van der Waals surface area (Å²) in [5.74, 6) is 3.17. The Morgan fingerprint density at radius 2 is 1.90 bits per heavy atom. The molecule has 170 valence electrons. The summed E-state index contributed by atoms with van der Waals surface area (Å²) in [5, 5.41) is 15.5. The Morgan fingerprint density at radius 1 is 1.13 bits per heavy atom. The summed E-state index contributed by atoms with van der Waals surface area (Å²) in [4.78, 5) is 19.3. The molecule has 1 amide bonds. The van der Waals surface area contributed by atoms with Gasteiger partial charge in [0.15, 0.2) is 5.96 Å². The van der Waals surface area contributed by atoms with Crippen molar-refractivity contribution in [2.24, 2.45) is 10.4 Å². The van der Waals surface area contributed by atoms with Crippen LogP contribution in [-0.4, -0.2) is 65.3 Å². The molecule has 30 heavy (non-hydrogen) atoms. The molecule has 1 aromatic heterocycles. The van der Waals surface area contributed by atoms with Crippen LogP contribution in [0.3, 0.4) is 0 Å². The monoisotopic (exact) mass is 531 g/mol. The van der Waals surface area contributed by atoms with Crippen LogP contribution in [0.25, 0.3) is 0 Å². The number of fused-ring (bicyclic) bond motifs is 1. The fourth-order valence-electron chi connectivity index (χ4n) is 4.56. The van der Waals surface area contributed by atoms with Crippen LogP contribution in [0.4, 0.5) is 0 Å². The van der Waals surface area contributed by atoms with Crippen molar-refractivity contribution in [3.8, 4) is 0 Å². The lowest BCUT2D eigenvalue weighted by Gasteiger charge is -2.29. The quantitative estimate of drug-likeness (QED) is 0.321. The number of hydrogen-bond donors (Lipinski definition) is 2. The van der Waals surface area contributed by atoms with E-state index < -0.39 is 0 Å². The smallest absolute Gasteiger partial charge is 0.230 e. The lowest BCUT2D eigenvalue weighted by atomic mass is 9.85. The number of carbonyl (C=O) groups is 1. The second kappa shape index (κ2) is 11.9. The third kappa shape index (κ3) is 6.07. The first-order valence-corrected chi connectivity index (χ1v) is 11.2. The molecule has 2 heterocycles. The van der Waals surface area contributed by atoms with Crippen molar-refractivity contribution in [3.63, 3.8) is 0 Å². The van der Waals surface area contributed by atoms with Gasteiger partial charge >= 0.3 is 0 Å². The summed E-state index contributed by atoms with van der Waals surface area (Å²) in [7, 11) is 3.69. The Bertz CT molecular complexity index is 710. The Hall–Kier alpha value is -1.39. The minimum Gasteiger partial charge on any atom is -0.357 e. The van der Waals surface area contributed by atoms with Crippen LogP contribution >= 0.6 is 24.0 Å². The molecule has 0 bridgehead atoms. The predicted molar refractivity (Wildman–Crippen MR) is 130 cm³/mol. The highest BCUT2D eigenvalue weighted by Gasteiger charge is 2.42. The number of hydrogen-bond acceptors (Lipinski definition) is 4. The van der Waals surface area contributed by atoms with Crippen LogP contribution in [0.1, 0.15) is 63.5 Å². The molecule has 0 unspecified atom stereocenters. The van der Waals surface area contributed by atoms with Crippen molar-refractivity contribution < 1.29 is 4.79 Å². The first kappa shape index (κ1) is 24.9. The van der Waals surface area contributed by atoms with Gasteiger partial charge in [0.2, 0.25) is 5.91 Å². The lowest BCUT2D eigenvalue weighted by Crippen LogP contribution is -2.43. The van der Waals surface area contributed by atoms with E-state index in [0.29, 0.717) is 6.54 Å². The fourth-order valence-corrected chi connectivity index (χ4v) is 4.56. The summed E-state index contributed by atoms with van der Waals surface area (Å²) in [6.45, 7) is 5.17. The van der Waals surface area contributed by atoms with Gasteiger partial charge in [0.1, 0.15) is 11.6 Å². The molecule has 3 rings (SSSR count). The first-order valence-electron chi connectivity index (χ1n) is 11.2. The molecule has 2 N–H and O–H groups in total. The van der Waals surface area contributed by atoms with E-state index in [-0.39, 0.29) is 35.3 Å². The van der Waals surface area contributed by atoms with Gasteiger partial charge < -0.3 is 20.1 Å². The molecule has 2 aliphatic rings. The summed E-state index contributed by atoms with van der Waals surface area (Å²) >= 11 is 0. The Kier molecular flexibility index (Phi) is 9.83. The van der Waals surface area contributed by atoms with E-state index in [4.69, 9.17) is 4.99 Å². The zero-order valence-electron chi connectivity index (χ0n) is 18.7. The number of nitrogens with zero attached hydrogens (tertiary/aromatic N) is 5. The Labute approximate surface area is 197 Å². The van der Waals surface area contributed by atoms with Gasteiger partial charge in [-0.1, -0.05) is 19.3 Å². The number of guanidine groups is 1. The van der Waals surface area contributed by atoms with E-state index in [2.05, 4.69) is 32.3 Å². The number of nitrogens with one attached hydrogen (secondary N) is 2. The van der Waals surface area contributed by atoms with Crippen molar-refractivity contribution in [2.45, 2.75) is 71.3 Å². The molecule has 0 radical (unpaired) electrons. The van der Waals surface area contributed by atoms with Crippen molar-refractivity contribution in [3.05, 3.63) is 11.6 Å². The highest BCUT2D eigenvalue weighted by molar-refractivity contribution is 14.0. The molecule has 0 saturated heterocycles. The van der Waals surface area contributed by atoms with Crippen LogP contribution in [0.15, 0.2) is 4.99 Å². The summed E-state index contributed by atoms with van der Waals surface area (Å²) in [5.41, 5.74) is -0.337. The molecule has 8 nitrogen and oxygen atoms in total. The second-order valence-electron chi connectivity index (χ2n) is 8.55. The van der Waals surface area contributed by atoms with Gasteiger partial charge in [-0.15, -0.1) is 34.2 Å². The maximum absolute atomic E-state index is 12.8. The van der Waals surface area contributed by atoms with Crippen LogP contribution < -0.4 is 10.6 Å². The van der Waals surface area contributed by atoms with Crippen LogP contribution in [0.2, 0.25) is 0 Å². The van der Waals surface area contributed by atoms with Gasteiger partial charge in [0.25, 0.3) is 0 Å². The highest BCUT2D eigenvalue weighted by atomic mass is 127. The van der Waals surface area contributed by atoms with Crippen molar-refractivity contribution >= 4 is 35.8 Å². The average molecular weight is 531 g/mol. The van der Waals surface area contributed by atoms with E-state index in [1.807, 2.05) is 14.1 Å². The number of amides is 1. The van der Waals surface area contributed by atoms with Gasteiger partial charge in [0.05, 0.1) is 12.0 Å². The predicted octanol–water partition coefficient (Wildman–Crippen LogP) is 2.37. The third-order valence-corrected chi connectivity index (χ3v) is 6.13. The number of rotatable bonds is 7. The normalized spacial score (nSPS) is 18.2. The molecular formula is C21H38IN7O. The van der Waals surface area contributed by atoms with Gasteiger partial charge in [0, 0.05) is 46.6 Å². The molecule has 0 spiro atoms. The van der Waals surface area contributed by atoms with Gasteiger partial charge in [-0.25, -0.2) is 0 Å². The van der Waals surface area contributed by atoms with Crippen LogP contribution in [-0.2, 0) is 24.2 Å². The Balaban J connectivity index is 0.00000320. The van der Waals surface area contributed by atoms with E-state index in [1.165, 1.54) is 19.3 Å². The first-order chi connectivity index (χ1) is 14.1. The zero-order chi connectivity index (χ0) is 20.7. The van der Waals surface area contributed by atoms with E-state index in [9.17, 15) is 4.79 Å². The molecule has 1 aliphatic heterocycles. The van der Waals surface area contributed by atoms with Crippen molar-refractivity contribution in [2.75, 3.05) is 33.7 Å². The largest absolute Gasteiger partial charge is 0.357 e. The Morgan fingerprint density at radius 3 is 2.60 bits per heavy atom. The van der Waals surface area contributed by atoms with E-state index in [0.717, 1.165) is 75.8 Å². The standard InChI is InChI=1S/C21H37N7O.HI/c1-4-22-20(24-16-21(12-7-8-13-21)19(29)27(2)3)23-14-11-18-26-25-17-10-6-5-9-15-28(17)18;/h4-16H2,1-3H3,(H2,22,23,24);1H. The van der Waals surface area contributed by atoms with Gasteiger partial charge in [-0.3, -0.25) is 9.79 Å². The zero-order valence-corrected chi connectivity index (χ0v) is 21.1. The summed E-state index contributed by atoms with van der Waals surface area (Å²) in [6, 6.07) is 0. The molecule has 1 fully saturated rings. The van der Waals surface area contributed by atoms with Gasteiger partial charge in [-0.05, 0) is 32.6 Å². The number of carbonyl (C=O) groups excluding carboxylic acids is 1. The molecule has 9 heteroatoms. The molecule has 0 aromatic carbocycles. The second-order valence-corrected chi connectivity index (χ2v) is 8.55. The summed E-state index contributed by atoms with van der Waals surface area (Å²) < 4.78 is 2.29. The molecular weight excluding hydrogens is 493 g/mol. The molecule has 1 aromatic rings. The average Bonchev–Trinajstić information content (AvgIpc) is 3.27. The highest BCUT2D eigenvalue weighted by Crippen LogP contribution is 2.39. The maximum Gasteiger partial charge on any atom is 0.230 e. The minimum atomic E-state index is -0.337. The SMILES string of the molecule is CCNC(=NCC1(C(=O)N(C)C)CCCC1)NCCc1nnc2n1CCCCC2.I. The number of aliphatic imine (C=N–C) groups is 1. The van der Waals surface area contributed by atoms with Crippen molar-refractivity contribution in [1.82, 2.24) is 30.3 Å². The fraction of sp³-hybridized carbons (Fsp3) is 0.810. The number of aryl methyl sites for hydroxylation is 1. The van der Waals surface area contributed by atoms with Crippen molar-refractivity contribution in [1.29, 1.82) is 0 Å². The van der Waals surface area contributed by atoms with E-state index >= 15 is 0 Å².